The molecule has 0 aliphatic carbocycles. The van der Waals surface area contributed by atoms with Gasteiger partial charge in [-0.2, -0.15) is 0 Å². The van der Waals surface area contributed by atoms with Crippen molar-refractivity contribution in [3.63, 3.8) is 0 Å². The molecule has 1 saturated heterocycles. The molecule has 0 amide bonds. The monoisotopic (exact) mass is 256 g/mol. The van der Waals surface area contributed by atoms with Gasteiger partial charge in [0.25, 0.3) is 0 Å². The number of likely N-dealkylation sites (tertiary alicyclic amines) is 1. The molecule has 0 saturated carbocycles. The normalized spacial score (nSPS) is 22.7. The van der Waals surface area contributed by atoms with Crippen molar-refractivity contribution in [2.45, 2.75) is 46.6 Å². The van der Waals surface area contributed by atoms with Crippen LogP contribution in [0.2, 0.25) is 0 Å². The van der Waals surface area contributed by atoms with Crippen LogP contribution in [0.1, 0.15) is 40.5 Å². The maximum absolute atomic E-state index is 5.49. The summed E-state index contributed by atoms with van der Waals surface area (Å²) >= 11 is 0. The predicted molar refractivity (Wildman–Crippen MR) is 78.0 cm³/mol. The number of hydrogen-bond donors (Lipinski definition) is 1. The molecule has 1 atom stereocenters. The maximum atomic E-state index is 5.49. The van der Waals surface area contributed by atoms with E-state index in [1.807, 2.05) is 7.11 Å². The fourth-order valence-corrected chi connectivity index (χ4v) is 2.71. The SMILES string of the molecule is COC1CCCN(CC(C)(C)CNCC(C)C)C1. The summed E-state index contributed by atoms with van der Waals surface area (Å²) in [5.41, 5.74) is 0.338. The van der Waals surface area contributed by atoms with Crippen LogP contribution in [-0.2, 0) is 4.74 Å². The van der Waals surface area contributed by atoms with Gasteiger partial charge in [-0.15, -0.1) is 0 Å². The van der Waals surface area contributed by atoms with E-state index in [0.29, 0.717) is 11.5 Å². The summed E-state index contributed by atoms with van der Waals surface area (Å²) < 4.78 is 5.49. The molecule has 3 heteroatoms. The van der Waals surface area contributed by atoms with E-state index in [-0.39, 0.29) is 0 Å². The van der Waals surface area contributed by atoms with Gasteiger partial charge in [0.15, 0.2) is 0 Å². The van der Waals surface area contributed by atoms with Crippen LogP contribution in [0.5, 0.6) is 0 Å². The first-order chi connectivity index (χ1) is 8.43. The van der Waals surface area contributed by atoms with Crippen molar-refractivity contribution in [3.05, 3.63) is 0 Å². The van der Waals surface area contributed by atoms with E-state index < -0.39 is 0 Å². The van der Waals surface area contributed by atoms with Crippen molar-refractivity contribution in [2.75, 3.05) is 39.8 Å². The topological polar surface area (TPSA) is 24.5 Å². The molecule has 1 aliphatic rings. The number of piperidine rings is 1. The highest BCUT2D eigenvalue weighted by Gasteiger charge is 2.26. The lowest BCUT2D eigenvalue weighted by molar-refractivity contribution is 0.0184. The summed E-state index contributed by atoms with van der Waals surface area (Å²) in [6, 6.07) is 0. The van der Waals surface area contributed by atoms with Crippen LogP contribution in [0.3, 0.4) is 0 Å². The molecule has 0 spiro atoms. The van der Waals surface area contributed by atoms with Crippen molar-refractivity contribution >= 4 is 0 Å². The lowest BCUT2D eigenvalue weighted by atomic mass is 9.91. The van der Waals surface area contributed by atoms with Crippen LogP contribution >= 0.6 is 0 Å². The second-order valence-corrected chi connectivity index (χ2v) is 6.92. The minimum Gasteiger partial charge on any atom is -0.380 e. The van der Waals surface area contributed by atoms with E-state index >= 15 is 0 Å². The Kier molecular flexibility index (Phi) is 6.61. The highest BCUT2D eigenvalue weighted by Crippen LogP contribution is 2.20. The molecule has 0 aromatic rings. The number of nitrogens with one attached hydrogen (secondary N) is 1. The second-order valence-electron chi connectivity index (χ2n) is 6.92. The van der Waals surface area contributed by atoms with Crippen LogP contribution in [0.15, 0.2) is 0 Å². The van der Waals surface area contributed by atoms with Gasteiger partial charge in [0.2, 0.25) is 0 Å². The Hall–Kier alpha value is -0.120. The smallest absolute Gasteiger partial charge is 0.0698 e. The Labute approximate surface area is 113 Å². The van der Waals surface area contributed by atoms with Gasteiger partial charge in [-0.3, -0.25) is 0 Å². The fraction of sp³-hybridized carbons (Fsp3) is 1.00. The van der Waals surface area contributed by atoms with Crippen LogP contribution in [-0.4, -0.2) is 50.8 Å². The Morgan fingerprint density at radius 2 is 2.11 bits per heavy atom. The molecular weight excluding hydrogens is 224 g/mol. The molecule has 0 aromatic heterocycles. The number of methoxy groups -OCH3 is 1. The molecule has 1 aliphatic heterocycles. The van der Waals surface area contributed by atoms with Gasteiger partial charge in [0.1, 0.15) is 0 Å². The Morgan fingerprint density at radius 3 is 2.72 bits per heavy atom. The van der Waals surface area contributed by atoms with E-state index in [1.165, 1.54) is 19.4 Å². The van der Waals surface area contributed by atoms with Crippen molar-refractivity contribution in [2.24, 2.45) is 11.3 Å². The molecule has 3 nitrogen and oxygen atoms in total. The molecule has 1 N–H and O–H groups in total. The summed E-state index contributed by atoms with van der Waals surface area (Å²) in [5, 5.41) is 3.58. The number of nitrogens with zero attached hydrogens (tertiary/aromatic N) is 1. The van der Waals surface area contributed by atoms with Gasteiger partial charge in [-0.1, -0.05) is 27.7 Å². The van der Waals surface area contributed by atoms with Gasteiger partial charge in [-0.25, -0.2) is 0 Å². The minimum atomic E-state index is 0.338. The van der Waals surface area contributed by atoms with Crippen LogP contribution < -0.4 is 5.32 Å². The molecule has 0 bridgehead atoms. The quantitative estimate of drug-likeness (QED) is 0.757. The maximum Gasteiger partial charge on any atom is 0.0698 e. The van der Waals surface area contributed by atoms with Crippen molar-refractivity contribution in [1.82, 2.24) is 10.2 Å². The molecule has 0 radical (unpaired) electrons. The summed E-state index contributed by atoms with van der Waals surface area (Å²) in [7, 11) is 1.84. The first-order valence-electron chi connectivity index (χ1n) is 7.39. The van der Waals surface area contributed by atoms with E-state index in [0.717, 1.165) is 32.1 Å². The minimum absolute atomic E-state index is 0.338. The first kappa shape index (κ1) is 15.9. The zero-order valence-electron chi connectivity index (χ0n) is 13.0. The van der Waals surface area contributed by atoms with Crippen molar-refractivity contribution in [1.29, 1.82) is 0 Å². The summed E-state index contributed by atoms with van der Waals surface area (Å²) in [5.74, 6) is 0.730. The second kappa shape index (κ2) is 7.46. The predicted octanol–water partition coefficient (Wildman–Crippen LogP) is 2.37. The highest BCUT2D eigenvalue weighted by molar-refractivity contribution is 4.81. The standard InChI is InChI=1S/C15H32N2O/c1-13(2)9-16-11-15(3,4)12-17-8-6-7-14(10-17)18-5/h13-14,16H,6-12H2,1-5H3. The molecule has 0 aromatic carbocycles. The number of rotatable bonds is 7. The van der Waals surface area contributed by atoms with E-state index in [4.69, 9.17) is 4.74 Å². The molecule has 1 rings (SSSR count). The van der Waals surface area contributed by atoms with E-state index in [9.17, 15) is 0 Å². The van der Waals surface area contributed by atoms with E-state index in [1.54, 1.807) is 0 Å². The van der Waals surface area contributed by atoms with Crippen LogP contribution in [0, 0.1) is 11.3 Å². The Bertz CT molecular complexity index is 229. The number of ether oxygens (including phenoxy) is 1. The highest BCUT2D eigenvalue weighted by atomic mass is 16.5. The lowest BCUT2D eigenvalue weighted by Crippen LogP contribution is -2.46. The molecule has 18 heavy (non-hydrogen) atoms. The molecule has 1 fully saturated rings. The molecule has 1 heterocycles. The average molecular weight is 256 g/mol. The van der Waals surface area contributed by atoms with Gasteiger partial charge >= 0.3 is 0 Å². The lowest BCUT2D eigenvalue weighted by Gasteiger charge is -2.37. The summed E-state index contributed by atoms with van der Waals surface area (Å²) in [4.78, 5) is 2.56. The van der Waals surface area contributed by atoms with E-state index in [2.05, 4.69) is 37.9 Å². The zero-order valence-corrected chi connectivity index (χ0v) is 13.0. The van der Waals surface area contributed by atoms with Gasteiger partial charge in [-0.05, 0) is 37.3 Å². The molecule has 108 valence electrons. The van der Waals surface area contributed by atoms with Crippen molar-refractivity contribution < 1.29 is 4.74 Å². The van der Waals surface area contributed by atoms with Crippen LogP contribution in [0.25, 0.3) is 0 Å². The average Bonchev–Trinajstić information content (AvgIpc) is 2.27. The third-order valence-electron chi connectivity index (χ3n) is 3.60. The van der Waals surface area contributed by atoms with Gasteiger partial charge < -0.3 is 15.0 Å². The van der Waals surface area contributed by atoms with Gasteiger partial charge in [0, 0.05) is 26.7 Å². The Morgan fingerprint density at radius 1 is 1.39 bits per heavy atom. The summed E-state index contributed by atoms with van der Waals surface area (Å²) in [6.45, 7) is 14.9. The molecule has 1 unspecified atom stereocenters. The first-order valence-corrected chi connectivity index (χ1v) is 7.39. The third-order valence-corrected chi connectivity index (χ3v) is 3.60. The van der Waals surface area contributed by atoms with Gasteiger partial charge in [0.05, 0.1) is 6.10 Å². The Balaban J connectivity index is 2.30. The zero-order chi connectivity index (χ0) is 13.6. The van der Waals surface area contributed by atoms with Crippen molar-refractivity contribution in [3.8, 4) is 0 Å². The van der Waals surface area contributed by atoms with Crippen LogP contribution in [0.4, 0.5) is 0 Å². The number of hydrogen-bond acceptors (Lipinski definition) is 3. The largest absolute Gasteiger partial charge is 0.380 e. The summed E-state index contributed by atoms with van der Waals surface area (Å²) in [6.07, 6.45) is 2.94. The fourth-order valence-electron chi connectivity index (χ4n) is 2.71. The third kappa shape index (κ3) is 6.17. The molecular formula is C15H32N2O.